The topological polar surface area (TPSA) is 71.3 Å². The van der Waals surface area contributed by atoms with Gasteiger partial charge in [-0.3, -0.25) is 4.79 Å². The largest absolute Gasteiger partial charge is 0.416 e. The number of hydrazone groups is 1. The smallest absolute Gasteiger partial charge is 0.342 e. The second kappa shape index (κ2) is 11.1. The van der Waals surface area contributed by atoms with Crippen molar-refractivity contribution < 1.29 is 18.0 Å². The number of carbonyl (C=O) groups is 1. The number of hydrogen-bond donors (Lipinski definition) is 2. The molecule has 39 heavy (non-hydrogen) atoms. The van der Waals surface area contributed by atoms with Crippen LogP contribution in [0.4, 0.5) is 24.0 Å². The van der Waals surface area contributed by atoms with E-state index in [0.717, 1.165) is 28.6 Å². The van der Waals surface area contributed by atoms with Crippen LogP contribution in [0.1, 0.15) is 27.9 Å². The Balaban J connectivity index is 1.21. The number of anilines is 2. The molecule has 2 aromatic heterocycles. The number of nitrogens with one attached hydrogen (secondary N) is 2. The average Bonchev–Trinajstić information content (AvgIpc) is 3.49. The second-order valence-corrected chi connectivity index (χ2v) is 9.89. The number of hydrogen-bond acceptors (Lipinski definition) is 5. The Bertz CT molecular complexity index is 1640. The first-order chi connectivity index (χ1) is 18.7. The summed E-state index contributed by atoms with van der Waals surface area (Å²) < 4.78 is 41.0. The molecule has 5 rings (SSSR count). The van der Waals surface area contributed by atoms with Crippen LogP contribution in [0.25, 0.3) is 10.9 Å². The highest BCUT2D eigenvalue weighted by atomic mass is 32.1. The number of carbonyl (C=O) groups excluding carboxylic acids is 1. The van der Waals surface area contributed by atoms with Gasteiger partial charge in [0.15, 0.2) is 5.13 Å². The van der Waals surface area contributed by atoms with Crippen LogP contribution in [0, 0.1) is 6.92 Å². The van der Waals surface area contributed by atoms with E-state index in [1.54, 1.807) is 11.6 Å². The van der Waals surface area contributed by atoms with E-state index >= 15 is 0 Å². The maximum atomic E-state index is 12.9. The van der Waals surface area contributed by atoms with Crippen molar-refractivity contribution >= 4 is 45.2 Å². The summed E-state index contributed by atoms with van der Waals surface area (Å²) in [6.45, 7) is 2.77. The Hall–Kier alpha value is -4.44. The minimum Gasteiger partial charge on any atom is -0.342 e. The maximum absolute atomic E-state index is 12.9. The zero-order valence-electron chi connectivity index (χ0n) is 20.9. The molecule has 0 aliphatic carbocycles. The molecule has 10 heteroatoms. The van der Waals surface area contributed by atoms with Crippen molar-refractivity contribution in [3.8, 4) is 0 Å². The highest BCUT2D eigenvalue weighted by Gasteiger charge is 2.30. The third-order valence-corrected chi connectivity index (χ3v) is 6.83. The first kappa shape index (κ1) is 26.2. The van der Waals surface area contributed by atoms with E-state index in [2.05, 4.69) is 56.6 Å². The Labute approximate surface area is 226 Å². The number of halogens is 3. The SMILES string of the molecule is Cc1ccc(Cn2cc(/C=N\NC(=O)Cc3csc(Nc4cccc(C(F)(F)F)c4)n3)c3ccccc32)cc1. The van der Waals surface area contributed by atoms with Gasteiger partial charge >= 0.3 is 6.18 Å². The third-order valence-electron chi connectivity index (χ3n) is 6.02. The van der Waals surface area contributed by atoms with E-state index in [0.29, 0.717) is 17.4 Å². The van der Waals surface area contributed by atoms with Crippen molar-refractivity contribution in [2.24, 2.45) is 5.10 Å². The van der Waals surface area contributed by atoms with Crippen LogP contribution >= 0.6 is 11.3 Å². The number of thiazole rings is 1. The van der Waals surface area contributed by atoms with Crippen LogP contribution in [0.3, 0.4) is 0 Å². The molecule has 1 amide bonds. The maximum Gasteiger partial charge on any atom is 0.416 e. The predicted octanol–water partition coefficient (Wildman–Crippen LogP) is 6.91. The summed E-state index contributed by atoms with van der Waals surface area (Å²) in [4.78, 5) is 16.8. The minimum absolute atomic E-state index is 0.0205. The fraction of sp³-hybridized carbons (Fsp3) is 0.138. The molecule has 0 unspecified atom stereocenters. The van der Waals surface area contributed by atoms with Gasteiger partial charge in [0.1, 0.15) is 0 Å². The normalized spacial score (nSPS) is 11.8. The summed E-state index contributed by atoms with van der Waals surface area (Å²) >= 11 is 1.20. The number of amides is 1. The summed E-state index contributed by atoms with van der Waals surface area (Å²) in [5, 5.41) is 10.1. The van der Waals surface area contributed by atoms with Gasteiger partial charge < -0.3 is 9.88 Å². The van der Waals surface area contributed by atoms with Crippen molar-refractivity contribution in [3.63, 3.8) is 0 Å². The predicted molar refractivity (Wildman–Crippen MR) is 149 cm³/mol. The lowest BCUT2D eigenvalue weighted by Gasteiger charge is -2.08. The lowest BCUT2D eigenvalue weighted by Crippen LogP contribution is -2.19. The van der Waals surface area contributed by atoms with Crippen LogP contribution in [-0.2, 0) is 23.9 Å². The van der Waals surface area contributed by atoms with Gasteiger partial charge in [-0.25, -0.2) is 10.4 Å². The molecule has 0 bridgehead atoms. The van der Waals surface area contributed by atoms with Gasteiger partial charge in [0.25, 0.3) is 0 Å². The molecule has 0 atom stereocenters. The molecule has 0 spiro atoms. The molecule has 3 aromatic carbocycles. The fourth-order valence-electron chi connectivity index (χ4n) is 4.12. The van der Waals surface area contributed by atoms with Gasteiger partial charge in [-0.2, -0.15) is 18.3 Å². The molecule has 0 aliphatic rings. The van der Waals surface area contributed by atoms with Gasteiger partial charge in [0.2, 0.25) is 5.91 Å². The van der Waals surface area contributed by atoms with Crippen molar-refractivity contribution in [2.45, 2.75) is 26.1 Å². The Morgan fingerprint density at radius 3 is 2.67 bits per heavy atom. The molecular weight excluding hydrogens is 523 g/mol. The Kier molecular flexibility index (Phi) is 7.47. The number of alkyl halides is 3. The van der Waals surface area contributed by atoms with Crippen molar-refractivity contribution in [1.29, 1.82) is 0 Å². The van der Waals surface area contributed by atoms with Crippen LogP contribution in [0.5, 0.6) is 0 Å². The number of para-hydroxylation sites is 1. The van der Waals surface area contributed by atoms with Crippen LogP contribution in [0.2, 0.25) is 0 Å². The highest BCUT2D eigenvalue weighted by molar-refractivity contribution is 7.13. The second-order valence-electron chi connectivity index (χ2n) is 9.03. The number of aromatic nitrogens is 2. The first-order valence-electron chi connectivity index (χ1n) is 12.1. The Morgan fingerprint density at radius 2 is 1.87 bits per heavy atom. The quantitative estimate of drug-likeness (QED) is 0.164. The van der Waals surface area contributed by atoms with Gasteiger partial charge in [0.05, 0.1) is 23.9 Å². The van der Waals surface area contributed by atoms with Crippen molar-refractivity contribution in [1.82, 2.24) is 15.0 Å². The zero-order valence-corrected chi connectivity index (χ0v) is 21.7. The number of rotatable bonds is 8. The third kappa shape index (κ3) is 6.53. The minimum atomic E-state index is -4.43. The molecule has 0 aliphatic heterocycles. The lowest BCUT2D eigenvalue weighted by atomic mass is 10.1. The number of aryl methyl sites for hydroxylation is 1. The molecular formula is C29H24F3N5OS. The lowest BCUT2D eigenvalue weighted by molar-refractivity contribution is -0.137. The molecule has 2 N–H and O–H groups in total. The van der Waals surface area contributed by atoms with E-state index in [4.69, 9.17) is 0 Å². The number of nitrogens with zero attached hydrogens (tertiary/aromatic N) is 3. The monoisotopic (exact) mass is 547 g/mol. The van der Waals surface area contributed by atoms with Crippen molar-refractivity contribution in [3.05, 3.63) is 112 Å². The highest BCUT2D eigenvalue weighted by Crippen LogP contribution is 2.32. The Morgan fingerprint density at radius 1 is 1.08 bits per heavy atom. The molecule has 2 heterocycles. The summed E-state index contributed by atoms with van der Waals surface area (Å²) in [7, 11) is 0. The summed E-state index contributed by atoms with van der Waals surface area (Å²) in [6.07, 6.45) is -0.826. The molecule has 0 saturated heterocycles. The van der Waals surface area contributed by atoms with Gasteiger partial charge in [0, 0.05) is 40.3 Å². The van der Waals surface area contributed by atoms with E-state index in [1.807, 2.05) is 30.5 Å². The molecule has 5 aromatic rings. The van der Waals surface area contributed by atoms with E-state index in [1.165, 1.54) is 34.6 Å². The standard InChI is InChI=1S/C29H24F3N5OS/c1-19-9-11-20(12-10-19)16-37-17-21(25-7-2-3-8-26(25)37)15-33-36-27(38)14-24-18-39-28(35-24)34-23-6-4-5-22(13-23)29(30,31)32/h2-13,15,17-18H,14,16H2,1H3,(H,34,35)(H,36,38)/b33-15-. The number of fused-ring (bicyclic) bond motifs is 1. The van der Waals surface area contributed by atoms with Gasteiger partial charge in [-0.1, -0.05) is 54.1 Å². The van der Waals surface area contributed by atoms with E-state index in [9.17, 15) is 18.0 Å². The molecule has 198 valence electrons. The van der Waals surface area contributed by atoms with Crippen LogP contribution in [-0.4, -0.2) is 21.7 Å². The fourth-order valence-corrected chi connectivity index (χ4v) is 4.85. The van der Waals surface area contributed by atoms with E-state index < -0.39 is 11.7 Å². The summed E-state index contributed by atoms with van der Waals surface area (Å²) in [5.74, 6) is -0.356. The molecule has 0 radical (unpaired) electrons. The summed E-state index contributed by atoms with van der Waals surface area (Å²) in [5.41, 5.74) is 6.86. The molecule has 0 fully saturated rings. The van der Waals surface area contributed by atoms with Crippen LogP contribution in [0.15, 0.2) is 89.5 Å². The molecule has 0 saturated carbocycles. The van der Waals surface area contributed by atoms with Crippen LogP contribution < -0.4 is 10.7 Å². The van der Waals surface area contributed by atoms with E-state index in [-0.39, 0.29) is 18.0 Å². The number of benzene rings is 3. The zero-order chi connectivity index (χ0) is 27.4. The van der Waals surface area contributed by atoms with Gasteiger partial charge in [-0.05, 0) is 36.8 Å². The van der Waals surface area contributed by atoms with Gasteiger partial charge in [-0.15, -0.1) is 11.3 Å². The average molecular weight is 548 g/mol. The summed E-state index contributed by atoms with van der Waals surface area (Å²) in [6, 6.07) is 21.3. The first-order valence-corrected chi connectivity index (χ1v) is 13.0. The molecule has 6 nitrogen and oxygen atoms in total. The van der Waals surface area contributed by atoms with Crippen molar-refractivity contribution in [2.75, 3.05) is 5.32 Å².